The van der Waals surface area contributed by atoms with E-state index in [1.54, 1.807) is 0 Å². The average molecular weight is 226 g/mol. The summed E-state index contributed by atoms with van der Waals surface area (Å²) in [5, 5.41) is 8.37. The van der Waals surface area contributed by atoms with Gasteiger partial charge in [0, 0.05) is 0 Å². The van der Waals surface area contributed by atoms with Crippen LogP contribution in [-0.2, 0) is 0 Å². The predicted molar refractivity (Wildman–Crippen MR) is 49.4 cm³/mol. The summed E-state index contributed by atoms with van der Waals surface area (Å²) in [6, 6.07) is 2.37. The molecule has 4 nitrogen and oxygen atoms in total. The number of carboxylic acid groups (broad SMARTS) is 1. The molecule has 1 aromatic heterocycles. The van der Waals surface area contributed by atoms with Gasteiger partial charge in [-0.1, -0.05) is 0 Å². The van der Waals surface area contributed by atoms with Crippen molar-refractivity contribution in [2.75, 3.05) is 0 Å². The lowest BCUT2D eigenvalue weighted by atomic mass is 10.1. The summed E-state index contributed by atoms with van der Waals surface area (Å²) in [5.41, 5.74) is -1.02. The summed E-state index contributed by atoms with van der Waals surface area (Å²) in [7, 11) is 0. The zero-order valence-electron chi connectivity index (χ0n) is 7.66. The number of carboxylic acids is 1. The molecule has 0 radical (unpaired) electrons. The van der Waals surface area contributed by atoms with Crippen LogP contribution in [0.5, 0.6) is 0 Å². The first-order valence-corrected chi connectivity index (χ1v) is 4.15. The molecule has 0 amide bonds. The van der Waals surface area contributed by atoms with E-state index in [4.69, 9.17) is 5.11 Å². The maximum absolute atomic E-state index is 12.9. The monoisotopic (exact) mass is 226 g/mol. The van der Waals surface area contributed by atoms with Crippen LogP contribution in [0, 0.1) is 11.6 Å². The lowest BCUT2D eigenvalue weighted by Gasteiger charge is -1.99. The highest BCUT2D eigenvalue weighted by molar-refractivity contribution is 5.90. The molecule has 1 aromatic carbocycles. The summed E-state index contributed by atoms with van der Waals surface area (Å²) in [6.45, 7) is 0. The van der Waals surface area contributed by atoms with Crippen LogP contribution >= 0.6 is 0 Å². The van der Waals surface area contributed by atoms with E-state index < -0.39 is 29.0 Å². The molecule has 0 unspecified atom stereocenters. The summed E-state index contributed by atoms with van der Waals surface area (Å²) >= 11 is 0. The minimum atomic E-state index is -1.45. The molecule has 1 heterocycles. The second kappa shape index (κ2) is 3.41. The standard InChI is InChI=1S/C10H4F2O4/c11-6-1-4-2-8(9(13)14)16-10(15)5(4)3-7(6)12/h1-3H,(H,13,14). The molecule has 0 saturated carbocycles. The Morgan fingerprint density at radius 1 is 1.19 bits per heavy atom. The number of rotatable bonds is 1. The first kappa shape index (κ1) is 10.3. The van der Waals surface area contributed by atoms with Gasteiger partial charge < -0.3 is 9.52 Å². The number of benzene rings is 1. The van der Waals surface area contributed by atoms with E-state index in [2.05, 4.69) is 4.42 Å². The van der Waals surface area contributed by atoms with Crippen LogP contribution in [0.4, 0.5) is 8.78 Å². The Morgan fingerprint density at radius 2 is 1.81 bits per heavy atom. The number of hydrogen-bond acceptors (Lipinski definition) is 3. The van der Waals surface area contributed by atoms with Crippen molar-refractivity contribution in [1.29, 1.82) is 0 Å². The molecular weight excluding hydrogens is 222 g/mol. The normalized spacial score (nSPS) is 10.6. The van der Waals surface area contributed by atoms with E-state index in [1.165, 1.54) is 0 Å². The number of carbonyl (C=O) groups is 1. The van der Waals surface area contributed by atoms with Crippen molar-refractivity contribution in [2.45, 2.75) is 0 Å². The van der Waals surface area contributed by atoms with Crippen LogP contribution in [0.25, 0.3) is 10.8 Å². The smallest absolute Gasteiger partial charge is 0.371 e. The second-order valence-electron chi connectivity index (χ2n) is 3.06. The molecular formula is C10H4F2O4. The van der Waals surface area contributed by atoms with Gasteiger partial charge in [-0.2, -0.15) is 0 Å². The van der Waals surface area contributed by atoms with E-state index >= 15 is 0 Å². The summed E-state index contributed by atoms with van der Waals surface area (Å²) < 4.78 is 30.1. The molecule has 2 rings (SSSR count). The van der Waals surface area contributed by atoms with Gasteiger partial charge in [0.05, 0.1) is 5.39 Å². The molecule has 0 bridgehead atoms. The lowest BCUT2D eigenvalue weighted by Crippen LogP contribution is -2.07. The molecule has 0 aliphatic heterocycles. The van der Waals surface area contributed by atoms with Crippen molar-refractivity contribution in [3.05, 3.63) is 46.0 Å². The SMILES string of the molecule is O=C(O)c1cc2cc(F)c(F)cc2c(=O)o1. The zero-order valence-corrected chi connectivity index (χ0v) is 7.66. The Kier molecular flexibility index (Phi) is 2.19. The Bertz CT molecular complexity index is 645. The molecule has 1 N–H and O–H groups in total. The predicted octanol–water partition coefficient (Wildman–Crippen LogP) is 1.77. The highest BCUT2D eigenvalue weighted by Gasteiger charge is 2.13. The third-order valence-corrected chi connectivity index (χ3v) is 2.01. The van der Waals surface area contributed by atoms with Gasteiger partial charge in [0.2, 0.25) is 5.76 Å². The quantitative estimate of drug-likeness (QED) is 0.804. The molecule has 6 heteroatoms. The molecule has 82 valence electrons. The van der Waals surface area contributed by atoms with Crippen LogP contribution in [0.1, 0.15) is 10.6 Å². The summed E-state index contributed by atoms with van der Waals surface area (Å²) in [6.07, 6.45) is 0. The maximum Gasteiger partial charge on any atom is 0.371 e. The maximum atomic E-state index is 12.9. The van der Waals surface area contributed by atoms with Crippen LogP contribution < -0.4 is 5.63 Å². The van der Waals surface area contributed by atoms with E-state index in [-0.39, 0.29) is 10.8 Å². The van der Waals surface area contributed by atoms with Crippen molar-refractivity contribution >= 4 is 16.7 Å². The van der Waals surface area contributed by atoms with Gasteiger partial charge in [-0.3, -0.25) is 0 Å². The van der Waals surface area contributed by atoms with Gasteiger partial charge in [0.25, 0.3) is 0 Å². The summed E-state index contributed by atoms with van der Waals surface area (Å²) in [4.78, 5) is 21.8. The highest BCUT2D eigenvalue weighted by Crippen LogP contribution is 2.16. The number of halogens is 2. The first-order chi connectivity index (χ1) is 7.49. The van der Waals surface area contributed by atoms with Crippen molar-refractivity contribution in [1.82, 2.24) is 0 Å². The fourth-order valence-electron chi connectivity index (χ4n) is 1.29. The van der Waals surface area contributed by atoms with Crippen LogP contribution in [0.2, 0.25) is 0 Å². The van der Waals surface area contributed by atoms with Crippen LogP contribution in [0.3, 0.4) is 0 Å². The van der Waals surface area contributed by atoms with Crippen molar-refractivity contribution < 1.29 is 23.1 Å². The van der Waals surface area contributed by atoms with Crippen molar-refractivity contribution in [3.63, 3.8) is 0 Å². The fourth-order valence-corrected chi connectivity index (χ4v) is 1.29. The minimum absolute atomic E-state index is 0.0208. The van der Waals surface area contributed by atoms with E-state index in [0.717, 1.165) is 12.1 Å². The number of aromatic carboxylic acids is 1. The average Bonchev–Trinajstić information content (AvgIpc) is 2.20. The largest absolute Gasteiger partial charge is 0.475 e. The van der Waals surface area contributed by atoms with E-state index in [0.29, 0.717) is 6.07 Å². The Morgan fingerprint density at radius 3 is 2.44 bits per heavy atom. The first-order valence-electron chi connectivity index (χ1n) is 4.15. The van der Waals surface area contributed by atoms with Gasteiger partial charge in [0.15, 0.2) is 11.6 Å². The molecule has 0 aliphatic rings. The molecule has 0 atom stereocenters. The van der Waals surface area contributed by atoms with E-state index in [1.807, 2.05) is 0 Å². The van der Waals surface area contributed by atoms with Crippen LogP contribution in [0.15, 0.2) is 27.4 Å². The zero-order chi connectivity index (χ0) is 11.9. The second-order valence-corrected chi connectivity index (χ2v) is 3.06. The number of fused-ring (bicyclic) bond motifs is 1. The Labute approximate surface area is 86.7 Å². The molecule has 16 heavy (non-hydrogen) atoms. The number of hydrogen-bond donors (Lipinski definition) is 1. The van der Waals surface area contributed by atoms with Gasteiger partial charge in [0.1, 0.15) is 0 Å². The Balaban J connectivity index is 2.88. The summed E-state index contributed by atoms with van der Waals surface area (Å²) in [5.74, 6) is -4.43. The minimum Gasteiger partial charge on any atom is -0.475 e. The molecule has 2 aromatic rings. The molecule has 0 spiro atoms. The Hall–Kier alpha value is -2.24. The third-order valence-electron chi connectivity index (χ3n) is 2.01. The van der Waals surface area contributed by atoms with Gasteiger partial charge in [-0.05, 0) is 23.6 Å². The molecule has 0 fully saturated rings. The van der Waals surface area contributed by atoms with Crippen LogP contribution in [-0.4, -0.2) is 11.1 Å². The highest BCUT2D eigenvalue weighted by atomic mass is 19.2. The lowest BCUT2D eigenvalue weighted by molar-refractivity contribution is 0.0658. The fraction of sp³-hybridized carbons (Fsp3) is 0. The van der Waals surface area contributed by atoms with Crippen molar-refractivity contribution in [2.24, 2.45) is 0 Å². The van der Waals surface area contributed by atoms with Crippen molar-refractivity contribution in [3.8, 4) is 0 Å². The van der Waals surface area contributed by atoms with Gasteiger partial charge in [-0.25, -0.2) is 18.4 Å². The third kappa shape index (κ3) is 1.54. The molecule has 0 saturated heterocycles. The topological polar surface area (TPSA) is 67.5 Å². The van der Waals surface area contributed by atoms with Gasteiger partial charge in [-0.15, -0.1) is 0 Å². The molecule has 0 aliphatic carbocycles. The van der Waals surface area contributed by atoms with E-state index in [9.17, 15) is 18.4 Å². The van der Waals surface area contributed by atoms with Gasteiger partial charge >= 0.3 is 11.6 Å².